The molecular formula is C14H23NO4S2. The summed E-state index contributed by atoms with van der Waals surface area (Å²) >= 11 is 1.90. The van der Waals surface area contributed by atoms with Gasteiger partial charge in [0.2, 0.25) is 0 Å². The minimum Gasteiger partial charge on any atom is -0.374 e. The van der Waals surface area contributed by atoms with Gasteiger partial charge in [0, 0.05) is 37.3 Å². The van der Waals surface area contributed by atoms with Gasteiger partial charge in [-0.3, -0.25) is 4.79 Å². The fraction of sp³-hybridized carbons (Fsp3) is 0.929. The van der Waals surface area contributed by atoms with Crippen LogP contribution in [-0.2, 0) is 19.4 Å². The molecule has 3 rings (SSSR count). The molecule has 5 nitrogen and oxygen atoms in total. The van der Waals surface area contributed by atoms with Crippen LogP contribution in [-0.4, -0.2) is 62.0 Å². The van der Waals surface area contributed by atoms with Crippen molar-refractivity contribution in [3.8, 4) is 0 Å². The van der Waals surface area contributed by atoms with Crippen molar-refractivity contribution in [2.45, 2.75) is 37.3 Å². The van der Waals surface area contributed by atoms with Crippen molar-refractivity contribution in [2.75, 3.05) is 36.2 Å². The number of hydrogen-bond donors (Lipinski definition) is 1. The molecular weight excluding hydrogens is 310 g/mol. The van der Waals surface area contributed by atoms with Crippen LogP contribution in [0, 0.1) is 5.92 Å². The molecule has 120 valence electrons. The van der Waals surface area contributed by atoms with Crippen LogP contribution in [0.4, 0.5) is 0 Å². The molecule has 3 heterocycles. The summed E-state index contributed by atoms with van der Waals surface area (Å²) in [6.45, 7) is 1.13. The van der Waals surface area contributed by atoms with Gasteiger partial charge < -0.3 is 10.1 Å². The molecule has 0 amide bonds. The molecule has 3 aliphatic heterocycles. The van der Waals surface area contributed by atoms with E-state index in [2.05, 4.69) is 5.32 Å². The van der Waals surface area contributed by atoms with E-state index < -0.39 is 9.84 Å². The monoisotopic (exact) mass is 333 g/mol. The standard InChI is InChI=1S/C14H23NO4S2/c16-13(7-12-9-21(17,18)6-3-15-12)11-1-4-19-14(8-11)2-5-20-10-14/h11-12,15H,1-10H2. The second-order valence-electron chi connectivity index (χ2n) is 6.46. The number of rotatable bonds is 3. The third-order valence-corrected chi connectivity index (χ3v) is 7.72. The molecule has 3 unspecified atom stereocenters. The van der Waals surface area contributed by atoms with Crippen molar-refractivity contribution >= 4 is 27.4 Å². The first-order valence-corrected chi connectivity index (χ1v) is 10.6. The van der Waals surface area contributed by atoms with Crippen LogP contribution in [0.1, 0.15) is 25.7 Å². The molecule has 0 aromatic carbocycles. The lowest BCUT2D eigenvalue weighted by atomic mass is 9.81. The lowest BCUT2D eigenvalue weighted by Gasteiger charge is -2.37. The van der Waals surface area contributed by atoms with Crippen molar-refractivity contribution in [3.05, 3.63) is 0 Å². The minimum absolute atomic E-state index is 0.0453. The molecule has 3 aliphatic rings. The van der Waals surface area contributed by atoms with Crippen LogP contribution in [0.5, 0.6) is 0 Å². The molecule has 0 aromatic rings. The van der Waals surface area contributed by atoms with Gasteiger partial charge in [0.1, 0.15) is 5.78 Å². The fourth-order valence-electron chi connectivity index (χ4n) is 3.57. The fourth-order valence-corrected chi connectivity index (χ4v) is 6.40. The Labute approximate surface area is 130 Å². The number of hydrogen-bond acceptors (Lipinski definition) is 6. The van der Waals surface area contributed by atoms with Crippen LogP contribution in [0.3, 0.4) is 0 Å². The number of nitrogens with one attached hydrogen (secondary N) is 1. The van der Waals surface area contributed by atoms with Gasteiger partial charge in [-0.2, -0.15) is 11.8 Å². The smallest absolute Gasteiger partial charge is 0.153 e. The Morgan fingerprint density at radius 1 is 1.43 bits per heavy atom. The van der Waals surface area contributed by atoms with Crippen molar-refractivity contribution in [2.24, 2.45) is 5.92 Å². The highest BCUT2D eigenvalue weighted by Crippen LogP contribution is 2.40. The van der Waals surface area contributed by atoms with Gasteiger partial charge in [-0.15, -0.1) is 0 Å². The molecule has 0 radical (unpaired) electrons. The second kappa shape index (κ2) is 6.18. The summed E-state index contributed by atoms with van der Waals surface area (Å²) < 4.78 is 29.2. The van der Waals surface area contributed by atoms with Crippen LogP contribution in [0.2, 0.25) is 0 Å². The Kier molecular flexibility index (Phi) is 4.64. The predicted molar refractivity (Wildman–Crippen MR) is 83.4 cm³/mol. The number of carbonyl (C=O) groups is 1. The SMILES string of the molecule is O=C(CC1CS(=O)(=O)CCN1)C1CCOC2(CCSC2)C1. The van der Waals surface area contributed by atoms with Crippen molar-refractivity contribution < 1.29 is 17.9 Å². The molecule has 3 saturated heterocycles. The lowest BCUT2D eigenvalue weighted by Crippen LogP contribution is -2.48. The van der Waals surface area contributed by atoms with Gasteiger partial charge in [-0.25, -0.2) is 8.42 Å². The quantitative estimate of drug-likeness (QED) is 0.817. The topological polar surface area (TPSA) is 72.5 Å². The largest absolute Gasteiger partial charge is 0.374 e. The molecule has 21 heavy (non-hydrogen) atoms. The summed E-state index contributed by atoms with van der Waals surface area (Å²) in [5.41, 5.74) is -0.0880. The Morgan fingerprint density at radius 3 is 3.00 bits per heavy atom. The first-order chi connectivity index (χ1) is 9.98. The van der Waals surface area contributed by atoms with E-state index in [4.69, 9.17) is 4.74 Å². The highest BCUT2D eigenvalue weighted by atomic mass is 32.2. The zero-order valence-electron chi connectivity index (χ0n) is 12.2. The van der Waals surface area contributed by atoms with Crippen molar-refractivity contribution in [1.29, 1.82) is 0 Å². The summed E-state index contributed by atoms with van der Waals surface area (Å²) in [5.74, 6) is 2.65. The number of Topliss-reactive ketones (excluding diaryl/α,β-unsaturated/α-hetero) is 1. The van der Waals surface area contributed by atoms with E-state index in [1.807, 2.05) is 11.8 Å². The third kappa shape index (κ3) is 3.81. The Bertz CT molecular complexity index is 499. The predicted octanol–water partition coefficient (Wildman–Crippen LogP) is 0.635. The molecule has 1 N–H and O–H groups in total. The van der Waals surface area contributed by atoms with Gasteiger partial charge in [-0.05, 0) is 25.0 Å². The highest BCUT2D eigenvalue weighted by Gasteiger charge is 2.42. The van der Waals surface area contributed by atoms with E-state index >= 15 is 0 Å². The van der Waals surface area contributed by atoms with Crippen molar-refractivity contribution in [3.63, 3.8) is 0 Å². The highest BCUT2D eigenvalue weighted by molar-refractivity contribution is 7.99. The van der Waals surface area contributed by atoms with E-state index in [0.29, 0.717) is 19.6 Å². The van der Waals surface area contributed by atoms with Crippen molar-refractivity contribution in [1.82, 2.24) is 5.32 Å². The molecule has 0 bridgehead atoms. The molecule has 0 aromatic heterocycles. The number of thioether (sulfide) groups is 1. The molecule has 3 fully saturated rings. The van der Waals surface area contributed by atoms with E-state index in [1.165, 1.54) is 0 Å². The third-order valence-electron chi connectivity index (χ3n) is 4.76. The Morgan fingerprint density at radius 2 is 2.29 bits per heavy atom. The van der Waals surface area contributed by atoms with Gasteiger partial charge >= 0.3 is 0 Å². The Hall–Kier alpha value is -0.110. The first-order valence-electron chi connectivity index (χ1n) is 7.66. The summed E-state index contributed by atoms with van der Waals surface area (Å²) in [5, 5.41) is 3.17. The maximum atomic E-state index is 12.5. The summed E-state index contributed by atoms with van der Waals surface area (Å²) in [6.07, 6.45) is 2.98. The summed E-state index contributed by atoms with van der Waals surface area (Å²) in [7, 11) is -2.97. The van der Waals surface area contributed by atoms with Crippen LogP contribution >= 0.6 is 11.8 Å². The van der Waals surface area contributed by atoms with Crippen LogP contribution in [0.15, 0.2) is 0 Å². The van der Waals surface area contributed by atoms with Crippen LogP contribution < -0.4 is 5.32 Å². The van der Waals surface area contributed by atoms with Gasteiger partial charge in [-0.1, -0.05) is 0 Å². The summed E-state index contributed by atoms with van der Waals surface area (Å²) in [6, 6.07) is -0.201. The van der Waals surface area contributed by atoms with E-state index in [-0.39, 0.29) is 34.8 Å². The maximum Gasteiger partial charge on any atom is 0.153 e. The maximum absolute atomic E-state index is 12.5. The molecule has 0 aliphatic carbocycles. The molecule has 3 atom stereocenters. The zero-order valence-corrected chi connectivity index (χ0v) is 13.8. The second-order valence-corrected chi connectivity index (χ2v) is 9.79. The number of carbonyl (C=O) groups excluding carboxylic acids is 1. The molecule has 7 heteroatoms. The van der Waals surface area contributed by atoms with Gasteiger partial charge in [0.25, 0.3) is 0 Å². The zero-order chi connectivity index (χ0) is 14.9. The van der Waals surface area contributed by atoms with E-state index in [0.717, 1.165) is 30.8 Å². The average molecular weight is 333 g/mol. The minimum atomic E-state index is -2.97. The van der Waals surface area contributed by atoms with Gasteiger partial charge in [0.15, 0.2) is 9.84 Å². The molecule has 1 spiro atoms. The van der Waals surface area contributed by atoms with Gasteiger partial charge in [0.05, 0.1) is 17.1 Å². The number of ether oxygens (including phenoxy) is 1. The number of sulfone groups is 1. The first kappa shape index (κ1) is 15.8. The average Bonchev–Trinajstić information content (AvgIpc) is 2.85. The molecule has 0 saturated carbocycles. The lowest BCUT2D eigenvalue weighted by molar-refractivity contribution is -0.134. The van der Waals surface area contributed by atoms with E-state index in [1.54, 1.807) is 0 Å². The number of ketones is 1. The van der Waals surface area contributed by atoms with E-state index in [9.17, 15) is 13.2 Å². The summed E-state index contributed by atoms with van der Waals surface area (Å²) in [4.78, 5) is 12.5. The van der Waals surface area contributed by atoms with Crippen LogP contribution in [0.25, 0.3) is 0 Å². The Balaban J connectivity index is 1.57. The normalized spacial score (nSPS) is 39.4.